The lowest BCUT2D eigenvalue weighted by atomic mass is 10.0. The molecule has 0 saturated heterocycles. The summed E-state index contributed by atoms with van der Waals surface area (Å²) in [7, 11) is 3.64. The van der Waals surface area contributed by atoms with Crippen LogP contribution in [0.1, 0.15) is 34.5 Å². The predicted octanol–water partition coefficient (Wildman–Crippen LogP) is 4.07. The van der Waals surface area contributed by atoms with Crippen molar-refractivity contribution in [2.24, 2.45) is 0 Å². The van der Waals surface area contributed by atoms with Gasteiger partial charge in [-0.1, -0.05) is 12.1 Å². The lowest BCUT2D eigenvalue weighted by molar-refractivity contribution is -0.153. The second kappa shape index (κ2) is 8.85. The second-order valence-corrected chi connectivity index (χ2v) is 6.16. The summed E-state index contributed by atoms with van der Waals surface area (Å²) < 4.78 is 41.4. The van der Waals surface area contributed by atoms with Crippen molar-refractivity contribution in [3.05, 3.63) is 53.2 Å². The minimum absolute atomic E-state index is 0.0360. The number of nitrogens with one attached hydrogen (secondary N) is 1. The third kappa shape index (κ3) is 5.68. The van der Waals surface area contributed by atoms with Crippen LogP contribution in [0.5, 0.6) is 5.75 Å². The highest BCUT2D eigenvalue weighted by atomic mass is 19.4. The minimum atomic E-state index is -4.36. The van der Waals surface area contributed by atoms with Crippen LogP contribution in [0, 0.1) is 0 Å². The Balaban J connectivity index is 2.09. The zero-order chi connectivity index (χ0) is 20.0. The number of ether oxygens (including phenoxy) is 1. The summed E-state index contributed by atoms with van der Waals surface area (Å²) in [4.78, 5) is 17.6. The largest absolute Gasteiger partial charge is 0.484 e. The number of halogens is 3. The number of carbonyl (C=O) groups excluding carboxylic acids is 1. The molecule has 0 saturated carbocycles. The fraction of sp³-hybridized carbons (Fsp3) is 0.368. The third-order valence-corrected chi connectivity index (χ3v) is 4.29. The van der Waals surface area contributed by atoms with Crippen LogP contribution < -0.4 is 10.1 Å². The lowest BCUT2D eigenvalue weighted by Crippen LogP contribution is -2.23. The maximum absolute atomic E-state index is 12.2. The summed E-state index contributed by atoms with van der Waals surface area (Å²) >= 11 is 0. The molecule has 1 atom stereocenters. The number of alkyl halides is 3. The Kier molecular flexibility index (Phi) is 6.79. The van der Waals surface area contributed by atoms with E-state index >= 15 is 0 Å². The molecule has 0 amide bonds. The number of aromatic nitrogens is 1. The van der Waals surface area contributed by atoms with E-state index in [1.807, 2.05) is 18.9 Å². The first-order valence-corrected chi connectivity index (χ1v) is 8.35. The molecule has 1 N–H and O–H groups in total. The van der Waals surface area contributed by atoms with Crippen LogP contribution in [0.2, 0.25) is 0 Å². The van der Waals surface area contributed by atoms with E-state index in [4.69, 9.17) is 4.74 Å². The molecule has 2 rings (SSSR count). The molecule has 8 heteroatoms. The Labute approximate surface area is 156 Å². The summed E-state index contributed by atoms with van der Waals surface area (Å²) in [5.41, 5.74) is 2.26. The first kappa shape index (κ1) is 20.7. The Bertz CT molecular complexity index is 764. The highest BCUT2D eigenvalue weighted by molar-refractivity contribution is 5.79. The van der Waals surface area contributed by atoms with E-state index in [9.17, 15) is 18.0 Å². The molecule has 0 radical (unpaired) electrons. The second-order valence-electron chi connectivity index (χ2n) is 6.16. The molecule has 27 heavy (non-hydrogen) atoms. The Hall–Kier alpha value is -2.61. The van der Waals surface area contributed by atoms with Gasteiger partial charge in [0.1, 0.15) is 11.6 Å². The van der Waals surface area contributed by atoms with Gasteiger partial charge in [0.25, 0.3) is 0 Å². The van der Waals surface area contributed by atoms with Gasteiger partial charge in [-0.15, -0.1) is 0 Å². The van der Waals surface area contributed by atoms with Crippen LogP contribution >= 0.6 is 0 Å². The van der Waals surface area contributed by atoms with Crippen molar-refractivity contribution in [2.75, 3.05) is 26.0 Å². The predicted molar refractivity (Wildman–Crippen MR) is 97.0 cm³/mol. The molecule has 0 aliphatic heterocycles. The molecular formula is C19H22F3N3O2. The summed E-state index contributed by atoms with van der Waals surface area (Å²) in [6, 6.07) is 8.13. The summed E-state index contributed by atoms with van der Waals surface area (Å²) in [6.45, 7) is 1.14. The topological polar surface area (TPSA) is 54.5 Å². The van der Waals surface area contributed by atoms with Gasteiger partial charge >= 0.3 is 6.18 Å². The standard InChI is InChI=1S/C19H22F3N3O2/c1-13(14-4-6-16(7-5-14)27-12-19(20,21)22)25(3)10-17-15(11-26)8-9-24-18(17)23-2/h4-9,11,13H,10,12H2,1-3H3,(H,23,24). The highest BCUT2D eigenvalue weighted by Crippen LogP contribution is 2.26. The molecule has 0 aliphatic rings. The van der Waals surface area contributed by atoms with Gasteiger partial charge in [-0.3, -0.25) is 9.69 Å². The molecule has 0 fully saturated rings. The molecule has 146 valence electrons. The number of hydrogen-bond acceptors (Lipinski definition) is 5. The van der Waals surface area contributed by atoms with Crippen molar-refractivity contribution in [3.63, 3.8) is 0 Å². The number of hydrogen-bond donors (Lipinski definition) is 1. The number of carbonyl (C=O) groups is 1. The van der Waals surface area contributed by atoms with E-state index in [0.717, 1.165) is 17.4 Å². The van der Waals surface area contributed by atoms with Gasteiger partial charge in [-0.05, 0) is 37.7 Å². The maximum Gasteiger partial charge on any atom is 0.422 e. The number of pyridine rings is 1. The van der Waals surface area contributed by atoms with E-state index in [-0.39, 0.29) is 11.8 Å². The molecule has 1 aromatic carbocycles. The number of nitrogens with zero attached hydrogens (tertiary/aromatic N) is 2. The Morgan fingerprint density at radius 1 is 1.26 bits per heavy atom. The van der Waals surface area contributed by atoms with Crippen molar-refractivity contribution < 1.29 is 22.7 Å². The SMILES string of the molecule is CNc1nccc(C=O)c1CN(C)C(C)c1ccc(OCC(F)(F)F)cc1. The number of anilines is 1. The first-order valence-electron chi connectivity index (χ1n) is 8.35. The van der Waals surface area contributed by atoms with Crippen LogP contribution in [-0.2, 0) is 6.54 Å². The molecule has 2 aromatic rings. The van der Waals surface area contributed by atoms with E-state index in [1.165, 1.54) is 12.1 Å². The number of rotatable bonds is 8. The number of benzene rings is 1. The molecule has 0 bridgehead atoms. The molecule has 0 aliphatic carbocycles. The smallest absolute Gasteiger partial charge is 0.422 e. The van der Waals surface area contributed by atoms with Crippen molar-refractivity contribution in [1.82, 2.24) is 9.88 Å². The maximum atomic E-state index is 12.2. The van der Waals surface area contributed by atoms with E-state index in [0.29, 0.717) is 17.9 Å². The van der Waals surface area contributed by atoms with Gasteiger partial charge in [0.05, 0.1) is 0 Å². The van der Waals surface area contributed by atoms with Crippen LogP contribution in [0.25, 0.3) is 0 Å². The summed E-state index contributed by atoms with van der Waals surface area (Å²) in [5.74, 6) is 0.799. The highest BCUT2D eigenvalue weighted by Gasteiger charge is 2.28. The fourth-order valence-corrected chi connectivity index (χ4v) is 2.65. The minimum Gasteiger partial charge on any atom is -0.484 e. The molecule has 1 aromatic heterocycles. The summed E-state index contributed by atoms with van der Waals surface area (Å²) in [5, 5.41) is 2.98. The van der Waals surface area contributed by atoms with Crippen LogP contribution in [0.15, 0.2) is 36.5 Å². The molecule has 1 heterocycles. The van der Waals surface area contributed by atoms with Gasteiger partial charge < -0.3 is 10.1 Å². The van der Waals surface area contributed by atoms with Crippen LogP contribution in [-0.4, -0.2) is 43.0 Å². The molecule has 1 unspecified atom stereocenters. The lowest BCUT2D eigenvalue weighted by Gasteiger charge is -2.26. The normalized spacial score (nSPS) is 12.7. The third-order valence-electron chi connectivity index (χ3n) is 4.29. The van der Waals surface area contributed by atoms with Crippen molar-refractivity contribution in [2.45, 2.75) is 25.7 Å². The van der Waals surface area contributed by atoms with Gasteiger partial charge in [-0.2, -0.15) is 13.2 Å². The zero-order valence-corrected chi connectivity index (χ0v) is 15.4. The number of aldehydes is 1. The van der Waals surface area contributed by atoms with Gasteiger partial charge in [-0.25, -0.2) is 4.98 Å². The fourth-order valence-electron chi connectivity index (χ4n) is 2.65. The van der Waals surface area contributed by atoms with Crippen molar-refractivity contribution in [1.29, 1.82) is 0 Å². The van der Waals surface area contributed by atoms with Gasteiger partial charge in [0, 0.05) is 37.0 Å². The quantitative estimate of drug-likeness (QED) is 0.699. The molecule has 5 nitrogen and oxygen atoms in total. The van der Waals surface area contributed by atoms with Gasteiger partial charge in [0.15, 0.2) is 12.9 Å². The first-order chi connectivity index (χ1) is 12.7. The molecular weight excluding hydrogens is 359 g/mol. The zero-order valence-electron chi connectivity index (χ0n) is 15.4. The van der Waals surface area contributed by atoms with Crippen LogP contribution in [0.3, 0.4) is 0 Å². The van der Waals surface area contributed by atoms with Crippen molar-refractivity contribution in [3.8, 4) is 5.75 Å². The van der Waals surface area contributed by atoms with E-state index in [2.05, 4.69) is 10.3 Å². The van der Waals surface area contributed by atoms with Crippen molar-refractivity contribution >= 4 is 12.1 Å². The Morgan fingerprint density at radius 3 is 2.48 bits per heavy atom. The average Bonchev–Trinajstić information content (AvgIpc) is 2.65. The Morgan fingerprint density at radius 2 is 1.93 bits per heavy atom. The molecule has 0 spiro atoms. The van der Waals surface area contributed by atoms with Crippen LogP contribution in [0.4, 0.5) is 19.0 Å². The monoisotopic (exact) mass is 381 g/mol. The average molecular weight is 381 g/mol. The van der Waals surface area contributed by atoms with Gasteiger partial charge in [0.2, 0.25) is 0 Å². The summed E-state index contributed by atoms with van der Waals surface area (Å²) in [6.07, 6.45) is -2.00. The van der Waals surface area contributed by atoms with E-state index < -0.39 is 12.8 Å². The van der Waals surface area contributed by atoms with E-state index in [1.54, 1.807) is 31.4 Å².